The topological polar surface area (TPSA) is 90.0 Å². The van der Waals surface area contributed by atoms with Gasteiger partial charge in [0, 0.05) is 18.0 Å². The van der Waals surface area contributed by atoms with E-state index in [2.05, 4.69) is 17.9 Å². The van der Waals surface area contributed by atoms with Crippen molar-refractivity contribution in [3.05, 3.63) is 29.3 Å². The van der Waals surface area contributed by atoms with E-state index in [0.29, 0.717) is 30.7 Å². The molecule has 1 aromatic rings. The molecule has 34 heavy (non-hydrogen) atoms. The fraction of sp³-hybridized carbons (Fsp3) is 0.750. The lowest BCUT2D eigenvalue weighted by atomic mass is 9.56. The van der Waals surface area contributed by atoms with Crippen LogP contribution in [0.15, 0.2) is 18.2 Å². The average molecular weight is 472 g/mol. The predicted octanol–water partition coefficient (Wildman–Crippen LogP) is 3.99. The molecule has 4 rings (SSSR count). The number of likely N-dealkylation sites (tertiary alicyclic amines) is 1. The maximum Gasteiger partial charge on any atom is 0.320 e. The lowest BCUT2D eigenvalue weighted by Gasteiger charge is -2.56. The molecule has 6 heteroatoms. The van der Waals surface area contributed by atoms with Crippen LogP contribution in [-0.4, -0.2) is 71.3 Å². The fourth-order valence-corrected chi connectivity index (χ4v) is 6.86. The molecule has 1 aromatic carbocycles. The highest BCUT2D eigenvalue weighted by atomic mass is 16.4. The van der Waals surface area contributed by atoms with Gasteiger partial charge >= 0.3 is 5.97 Å². The van der Waals surface area contributed by atoms with Crippen molar-refractivity contribution in [2.45, 2.75) is 88.6 Å². The molecule has 2 bridgehead atoms. The van der Waals surface area contributed by atoms with Gasteiger partial charge in [-0.2, -0.15) is 0 Å². The summed E-state index contributed by atoms with van der Waals surface area (Å²) in [6.45, 7) is 6.27. The second-order valence-electron chi connectivity index (χ2n) is 11.3. The highest BCUT2D eigenvalue weighted by Gasteiger charge is 2.51. The Bertz CT molecular complexity index is 842. The van der Waals surface area contributed by atoms with E-state index in [0.717, 1.165) is 64.0 Å². The number of carboxylic acid groups (broad SMARTS) is 1. The van der Waals surface area contributed by atoms with Crippen LogP contribution >= 0.6 is 0 Å². The summed E-state index contributed by atoms with van der Waals surface area (Å²) in [5, 5.41) is 20.0. The third-order valence-corrected chi connectivity index (χ3v) is 9.14. The van der Waals surface area contributed by atoms with E-state index in [1.54, 1.807) is 0 Å². The first kappa shape index (κ1) is 25.5. The van der Waals surface area contributed by atoms with Gasteiger partial charge in [-0.25, -0.2) is 0 Å². The summed E-state index contributed by atoms with van der Waals surface area (Å²) in [4.78, 5) is 16.6. The number of phenols is 1. The largest absolute Gasteiger partial charge is 0.508 e. The number of aromatic hydroxyl groups is 1. The van der Waals surface area contributed by atoms with E-state index in [1.807, 2.05) is 24.1 Å². The maximum atomic E-state index is 11.8. The Morgan fingerprint density at radius 2 is 2.06 bits per heavy atom. The average Bonchev–Trinajstić information content (AvgIpc) is 3.62. The number of likely N-dealkylation sites (N-methyl/N-ethyl adjacent to an activating group) is 1. The fourth-order valence-electron chi connectivity index (χ4n) is 6.86. The molecule has 0 spiro atoms. The Morgan fingerprint density at radius 1 is 1.26 bits per heavy atom. The minimum Gasteiger partial charge on any atom is -0.508 e. The number of nitrogens with two attached hydrogens (primary N) is 1. The molecule has 0 amide bonds. The zero-order valence-corrected chi connectivity index (χ0v) is 21.2. The van der Waals surface area contributed by atoms with Gasteiger partial charge in [-0.15, -0.1) is 0 Å². The summed E-state index contributed by atoms with van der Waals surface area (Å²) >= 11 is 0. The SMILES string of the molecule is C[C@H]1[C@H]2Cc3ccc(O)cc3[C@]1(CCCCN(C)[C@@H](CCCCN)C(=O)O)CCN2CC1CC1. The van der Waals surface area contributed by atoms with Gasteiger partial charge in [0.1, 0.15) is 11.8 Å². The normalized spacial score (nSPS) is 27.5. The second kappa shape index (κ2) is 11.0. The quantitative estimate of drug-likeness (QED) is 0.377. The van der Waals surface area contributed by atoms with Gasteiger partial charge in [-0.1, -0.05) is 25.8 Å². The highest BCUT2D eigenvalue weighted by Crippen LogP contribution is 2.52. The minimum absolute atomic E-state index is 0.114. The van der Waals surface area contributed by atoms with Gasteiger partial charge in [0.25, 0.3) is 0 Å². The van der Waals surface area contributed by atoms with Gasteiger partial charge in [-0.05, 0) is 113 Å². The standard InChI is InChI=1S/C28H45N3O3/c1-20-26-17-22-10-11-23(32)18-24(22)28(20,13-16-31(26)19-21-8-9-21)12-4-6-15-30(2)25(27(33)34)7-3-5-14-29/h10-11,18,20-21,25-26,32H,3-9,12-17,19,29H2,1-2H3,(H,33,34)/t20-,25-,26+,28+/m0/s1. The number of nitrogens with zero attached hydrogens (tertiary/aromatic N) is 2. The Balaban J connectivity index is 1.41. The molecule has 6 nitrogen and oxygen atoms in total. The number of rotatable bonds is 13. The van der Waals surface area contributed by atoms with Gasteiger partial charge in [0.05, 0.1) is 0 Å². The number of fused-ring (bicyclic) bond motifs is 4. The van der Waals surface area contributed by atoms with E-state index < -0.39 is 12.0 Å². The van der Waals surface area contributed by atoms with Crippen molar-refractivity contribution in [3.63, 3.8) is 0 Å². The third kappa shape index (κ3) is 5.44. The number of phenolic OH excluding ortho intramolecular Hbond substituents is 1. The summed E-state index contributed by atoms with van der Waals surface area (Å²) in [7, 11) is 1.95. The molecule has 1 saturated carbocycles. The number of carbonyl (C=O) groups is 1. The van der Waals surface area contributed by atoms with Gasteiger partial charge in [0.2, 0.25) is 0 Å². The Morgan fingerprint density at radius 3 is 2.76 bits per heavy atom. The highest BCUT2D eigenvalue weighted by molar-refractivity contribution is 5.73. The molecule has 190 valence electrons. The Hall–Kier alpha value is -1.63. The Labute approximate surface area is 205 Å². The van der Waals surface area contributed by atoms with E-state index in [-0.39, 0.29) is 5.41 Å². The van der Waals surface area contributed by atoms with Crippen molar-refractivity contribution in [1.82, 2.24) is 9.80 Å². The smallest absolute Gasteiger partial charge is 0.320 e. The van der Waals surface area contributed by atoms with Crippen LogP contribution in [0.1, 0.15) is 75.8 Å². The van der Waals surface area contributed by atoms with Crippen molar-refractivity contribution in [3.8, 4) is 5.75 Å². The lowest BCUT2D eigenvalue weighted by Crippen LogP contribution is -2.59. The van der Waals surface area contributed by atoms with Gasteiger partial charge in [-0.3, -0.25) is 14.6 Å². The molecular formula is C28H45N3O3. The molecule has 3 aliphatic rings. The van der Waals surface area contributed by atoms with E-state index in [4.69, 9.17) is 5.73 Å². The van der Waals surface area contributed by atoms with Crippen molar-refractivity contribution < 1.29 is 15.0 Å². The summed E-state index contributed by atoms with van der Waals surface area (Å²) in [5.74, 6) is 1.12. The molecule has 4 atom stereocenters. The number of hydrogen-bond donors (Lipinski definition) is 3. The molecule has 1 aliphatic heterocycles. The Kier molecular flexibility index (Phi) is 8.21. The maximum absolute atomic E-state index is 11.8. The van der Waals surface area contributed by atoms with Crippen LogP contribution in [0.5, 0.6) is 5.75 Å². The minimum atomic E-state index is -0.728. The number of unbranched alkanes of at least 4 members (excludes halogenated alkanes) is 2. The van der Waals surface area contributed by atoms with Crippen LogP contribution in [0.25, 0.3) is 0 Å². The summed E-state index contributed by atoms with van der Waals surface area (Å²) in [6, 6.07) is 6.22. The number of aliphatic carboxylic acids is 1. The summed E-state index contributed by atoms with van der Waals surface area (Å²) in [5.41, 5.74) is 8.50. The molecule has 1 saturated heterocycles. The van der Waals surface area contributed by atoms with Crippen LogP contribution in [-0.2, 0) is 16.6 Å². The van der Waals surface area contributed by atoms with Crippen molar-refractivity contribution in [1.29, 1.82) is 0 Å². The number of hydrogen-bond acceptors (Lipinski definition) is 5. The van der Waals surface area contributed by atoms with Crippen molar-refractivity contribution in [2.24, 2.45) is 17.6 Å². The van der Waals surface area contributed by atoms with Crippen LogP contribution in [0, 0.1) is 11.8 Å². The third-order valence-electron chi connectivity index (χ3n) is 9.14. The monoisotopic (exact) mass is 471 g/mol. The van der Waals surface area contributed by atoms with Crippen LogP contribution in [0.4, 0.5) is 0 Å². The molecule has 0 unspecified atom stereocenters. The van der Waals surface area contributed by atoms with E-state index in [1.165, 1.54) is 30.5 Å². The molecular weight excluding hydrogens is 426 g/mol. The summed E-state index contributed by atoms with van der Waals surface area (Å²) in [6.07, 6.45) is 10.6. The number of carboxylic acids is 1. The zero-order valence-electron chi connectivity index (χ0n) is 21.2. The van der Waals surface area contributed by atoms with Crippen molar-refractivity contribution in [2.75, 3.05) is 33.2 Å². The second-order valence-corrected chi connectivity index (χ2v) is 11.3. The summed E-state index contributed by atoms with van der Waals surface area (Å²) < 4.78 is 0. The molecule has 0 radical (unpaired) electrons. The van der Waals surface area contributed by atoms with Crippen LogP contribution in [0.2, 0.25) is 0 Å². The molecule has 2 aliphatic carbocycles. The van der Waals surface area contributed by atoms with Crippen LogP contribution in [0.3, 0.4) is 0 Å². The molecule has 2 fully saturated rings. The van der Waals surface area contributed by atoms with Gasteiger partial charge < -0.3 is 15.9 Å². The molecule has 0 aromatic heterocycles. The van der Waals surface area contributed by atoms with Crippen molar-refractivity contribution >= 4 is 5.97 Å². The van der Waals surface area contributed by atoms with E-state index in [9.17, 15) is 15.0 Å². The molecule has 1 heterocycles. The molecule has 4 N–H and O–H groups in total. The zero-order chi connectivity index (χ0) is 24.3. The predicted molar refractivity (Wildman–Crippen MR) is 136 cm³/mol. The van der Waals surface area contributed by atoms with Gasteiger partial charge in [0.15, 0.2) is 0 Å². The van der Waals surface area contributed by atoms with Crippen LogP contribution < -0.4 is 5.73 Å². The first-order valence-electron chi connectivity index (χ1n) is 13.5. The number of piperidine rings is 1. The number of benzene rings is 1. The van der Waals surface area contributed by atoms with E-state index >= 15 is 0 Å². The first-order valence-corrected chi connectivity index (χ1v) is 13.5. The lowest BCUT2D eigenvalue weighted by molar-refractivity contribution is -0.143. The first-order chi connectivity index (χ1) is 16.4.